The molecule has 0 saturated carbocycles. The zero-order chi connectivity index (χ0) is 10.3. The van der Waals surface area contributed by atoms with Gasteiger partial charge in [-0.25, -0.2) is 0 Å². The third-order valence-electron chi connectivity index (χ3n) is 1.37. The van der Waals surface area contributed by atoms with Crippen molar-refractivity contribution in [2.45, 2.75) is 38.0 Å². The monoisotopic (exact) mass is 214 g/mol. The Morgan fingerprint density at radius 3 is 2.62 bits per heavy atom. The van der Waals surface area contributed by atoms with E-state index >= 15 is 0 Å². The summed E-state index contributed by atoms with van der Waals surface area (Å²) in [6.07, 6.45) is 0.654. The summed E-state index contributed by atoms with van der Waals surface area (Å²) in [5, 5.41) is -3.30. The Labute approximate surface area is 81.2 Å². The van der Waals surface area contributed by atoms with Crippen LogP contribution in [-0.4, -0.2) is 18.0 Å². The van der Waals surface area contributed by atoms with Crippen LogP contribution in [0.5, 0.6) is 0 Å². The van der Waals surface area contributed by atoms with E-state index in [0.29, 0.717) is 6.61 Å². The maximum absolute atomic E-state index is 12.0. The van der Waals surface area contributed by atoms with Crippen LogP contribution in [0, 0.1) is 0 Å². The summed E-state index contributed by atoms with van der Waals surface area (Å²) in [7, 11) is 0. The molecule has 0 aromatic carbocycles. The molecule has 0 aromatic rings. The van der Waals surface area contributed by atoms with Gasteiger partial charge in [-0.05, 0) is 18.0 Å². The van der Waals surface area contributed by atoms with Crippen LogP contribution in [-0.2, 0) is 9.53 Å². The molecule has 0 spiro atoms. The second-order valence-corrected chi connectivity index (χ2v) is 3.24. The number of halogens is 3. The number of hydrogen-bond acceptors (Lipinski definition) is 2. The van der Waals surface area contributed by atoms with Gasteiger partial charge in [0.05, 0.1) is 13.0 Å². The van der Waals surface area contributed by atoms with Crippen molar-refractivity contribution in [3.63, 3.8) is 0 Å². The first-order valence-electron chi connectivity index (χ1n) is 4.18. The van der Waals surface area contributed by atoms with E-state index in [1.54, 1.807) is 0 Å². The van der Waals surface area contributed by atoms with E-state index in [1.165, 1.54) is 0 Å². The second-order valence-electron chi connectivity index (χ2n) is 2.69. The Morgan fingerprint density at radius 2 is 2.15 bits per heavy atom. The summed E-state index contributed by atoms with van der Waals surface area (Å²) in [6.45, 7) is 2.24. The summed E-state index contributed by atoms with van der Waals surface area (Å²) >= 11 is 4.60. The van der Waals surface area contributed by atoms with Gasteiger partial charge in [-0.2, -0.15) is 8.78 Å². The number of hydrogen-bond donors (Lipinski definition) is 0. The first-order valence-corrected chi connectivity index (χ1v) is 4.56. The van der Waals surface area contributed by atoms with Crippen molar-refractivity contribution in [2.75, 3.05) is 6.61 Å². The first-order chi connectivity index (χ1) is 5.95. The van der Waals surface area contributed by atoms with Crippen LogP contribution in [0.3, 0.4) is 0 Å². The normalized spacial score (nSPS) is 11.4. The highest BCUT2D eigenvalue weighted by atomic mass is 35.5. The van der Waals surface area contributed by atoms with Crippen molar-refractivity contribution >= 4 is 17.6 Å². The lowest BCUT2D eigenvalue weighted by atomic mass is 10.3. The molecule has 0 bridgehead atoms. The van der Waals surface area contributed by atoms with Crippen molar-refractivity contribution < 1.29 is 18.3 Å². The molecule has 0 fully saturated rings. The molecule has 0 N–H and O–H groups in total. The molecule has 0 aliphatic rings. The van der Waals surface area contributed by atoms with Gasteiger partial charge in [0.15, 0.2) is 0 Å². The first kappa shape index (κ1) is 12.6. The molecule has 2 nitrogen and oxygen atoms in total. The maximum Gasteiger partial charge on any atom is 0.322 e. The minimum absolute atomic E-state index is 0.295. The lowest BCUT2D eigenvalue weighted by Gasteiger charge is -2.07. The molecule has 78 valence electrons. The SMILES string of the molecule is CCCCOC(=O)CCC(F)(F)Cl. The van der Waals surface area contributed by atoms with Gasteiger partial charge in [0.2, 0.25) is 0 Å². The average molecular weight is 215 g/mol. The van der Waals surface area contributed by atoms with Crippen LogP contribution < -0.4 is 0 Å². The van der Waals surface area contributed by atoms with Crippen molar-refractivity contribution in [3.05, 3.63) is 0 Å². The molecule has 0 saturated heterocycles. The quantitative estimate of drug-likeness (QED) is 0.386. The molecule has 0 radical (unpaired) electrons. The zero-order valence-corrected chi connectivity index (χ0v) is 8.24. The molecule has 0 amide bonds. The molecule has 0 rings (SSSR count). The molecule has 0 aromatic heterocycles. The number of ether oxygens (including phenoxy) is 1. The molecular weight excluding hydrogens is 202 g/mol. The van der Waals surface area contributed by atoms with Crippen molar-refractivity contribution in [3.8, 4) is 0 Å². The highest BCUT2D eigenvalue weighted by molar-refractivity contribution is 6.21. The predicted molar refractivity (Wildman–Crippen MR) is 45.9 cm³/mol. The smallest absolute Gasteiger partial charge is 0.322 e. The summed E-state index contributed by atoms with van der Waals surface area (Å²) in [5.41, 5.74) is 0. The molecule has 0 unspecified atom stereocenters. The average Bonchev–Trinajstić information content (AvgIpc) is 2.00. The van der Waals surface area contributed by atoms with Crippen LogP contribution in [0.2, 0.25) is 0 Å². The third-order valence-corrected chi connectivity index (χ3v) is 1.56. The molecule has 0 aliphatic heterocycles. The minimum Gasteiger partial charge on any atom is -0.466 e. The summed E-state index contributed by atoms with van der Waals surface area (Å²) in [6, 6.07) is 0. The van der Waals surface area contributed by atoms with Gasteiger partial charge in [-0.3, -0.25) is 4.79 Å². The summed E-state index contributed by atoms with van der Waals surface area (Å²) in [5.74, 6) is -0.617. The Hall–Kier alpha value is -0.380. The van der Waals surface area contributed by atoms with E-state index in [-0.39, 0.29) is 6.42 Å². The highest BCUT2D eigenvalue weighted by Gasteiger charge is 2.25. The standard InChI is InChI=1S/C8H13ClF2O2/c1-2-3-6-13-7(12)4-5-8(9,10)11/h2-6H2,1H3. The topological polar surface area (TPSA) is 26.3 Å². The number of rotatable bonds is 6. The summed E-state index contributed by atoms with van der Waals surface area (Å²) < 4.78 is 28.7. The predicted octanol–water partition coefficient (Wildman–Crippen LogP) is 2.94. The van der Waals surface area contributed by atoms with Crippen LogP contribution in [0.4, 0.5) is 8.78 Å². The molecule has 5 heteroatoms. The number of unbranched alkanes of at least 4 members (excludes halogenated alkanes) is 1. The fourth-order valence-corrected chi connectivity index (χ4v) is 0.741. The zero-order valence-electron chi connectivity index (χ0n) is 7.49. The molecule has 13 heavy (non-hydrogen) atoms. The van der Waals surface area contributed by atoms with Crippen molar-refractivity contribution in [1.82, 2.24) is 0 Å². The van der Waals surface area contributed by atoms with Gasteiger partial charge >= 0.3 is 11.4 Å². The second kappa shape index (κ2) is 6.13. The highest BCUT2D eigenvalue weighted by Crippen LogP contribution is 2.24. The lowest BCUT2D eigenvalue weighted by molar-refractivity contribution is -0.144. The van der Waals surface area contributed by atoms with Crippen LogP contribution in [0.15, 0.2) is 0 Å². The van der Waals surface area contributed by atoms with Gasteiger partial charge in [0.25, 0.3) is 0 Å². The van der Waals surface area contributed by atoms with E-state index < -0.39 is 17.8 Å². The van der Waals surface area contributed by atoms with E-state index in [9.17, 15) is 13.6 Å². The largest absolute Gasteiger partial charge is 0.466 e. The fraction of sp³-hybridized carbons (Fsp3) is 0.875. The fourth-order valence-electron chi connectivity index (χ4n) is 0.646. The molecule has 0 aliphatic carbocycles. The van der Waals surface area contributed by atoms with Gasteiger partial charge in [0.1, 0.15) is 0 Å². The number of esters is 1. The Morgan fingerprint density at radius 1 is 1.54 bits per heavy atom. The van der Waals surface area contributed by atoms with Crippen molar-refractivity contribution in [2.24, 2.45) is 0 Å². The number of carbonyl (C=O) groups is 1. The Balaban J connectivity index is 3.41. The van der Waals surface area contributed by atoms with Crippen LogP contribution in [0.25, 0.3) is 0 Å². The van der Waals surface area contributed by atoms with Crippen LogP contribution in [0.1, 0.15) is 32.6 Å². The Kier molecular flexibility index (Phi) is 5.95. The molecule has 0 heterocycles. The van der Waals surface area contributed by atoms with Gasteiger partial charge in [0, 0.05) is 6.42 Å². The molecule has 0 atom stereocenters. The number of carbonyl (C=O) groups excluding carboxylic acids is 1. The van der Waals surface area contributed by atoms with Gasteiger partial charge in [-0.15, -0.1) is 0 Å². The minimum atomic E-state index is -3.30. The maximum atomic E-state index is 12.0. The van der Waals surface area contributed by atoms with E-state index in [4.69, 9.17) is 0 Å². The van der Waals surface area contributed by atoms with Gasteiger partial charge in [-0.1, -0.05) is 13.3 Å². The Bertz CT molecular complexity index is 157. The van der Waals surface area contributed by atoms with E-state index in [0.717, 1.165) is 12.8 Å². The lowest BCUT2D eigenvalue weighted by Crippen LogP contribution is -2.12. The third kappa shape index (κ3) is 9.53. The van der Waals surface area contributed by atoms with Crippen LogP contribution >= 0.6 is 11.6 Å². The summed E-state index contributed by atoms with van der Waals surface area (Å²) in [4.78, 5) is 10.8. The van der Waals surface area contributed by atoms with Crippen molar-refractivity contribution in [1.29, 1.82) is 0 Å². The molecular formula is C8H13ClF2O2. The number of alkyl halides is 3. The van der Waals surface area contributed by atoms with E-state index in [2.05, 4.69) is 16.3 Å². The van der Waals surface area contributed by atoms with Gasteiger partial charge < -0.3 is 4.74 Å². The van der Waals surface area contributed by atoms with E-state index in [1.807, 2.05) is 6.92 Å².